The molecule has 0 radical (unpaired) electrons. The minimum atomic E-state index is 0.320. The Bertz CT molecular complexity index is 108. The SMILES string of the molecule is CC(Cl)CCNCC1CCCC1. The molecule has 1 atom stereocenters. The zero-order valence-electron chi connectivity index (χ0n) is 7.98. The van der Waals surface area contributed by atoms with Gasteiger partial charge in [0.15, 0.2) is 0 Å². The van der Waals surface area contributed by atoms with E-state index in [9.17, 15) is 0 Å². The van der Waals surface area contributed by atoms with E-state index in [4.69, 9.17) is 11.6 Å². The molecule has 0 saturated heterocycles. The molecule has 1 saturated carbocycles. The van der Waals surface area contributed by atoms with Crippen molar-refractivity contribution in [3.05, 3.63) is 0 Å². The van der Waals surface area contributed by atoms with Crippen LogP contribution in [0.2, 0.25) is 0 Å². The topological polar surface area (TPSA) is 12.0 Å². The van der Waals surface area contributed by atoms with Crippen LogP contribution >= 0.6 is 11.6 Å². The highest BCUT2D eigenvalue weighted by Crippen LogP contribution is 2.23. The van der Waals surface area contributed by atoms with E-state index in [1.54, 1.807) is 0 Å². The maximum atomic E-state index is 5.83. The highest BCUT2D eigenvalue weighted by Gasteiger charge is 2.13. The van der Waals surface area contributed by atoms with E-state index in [0.717, 1.165) is 18.9 Å². The summed E-state index contributed by atoms with van der Waals surface area (Å²) in [5, 5.41) is 3.79. The molecule has 1 unspecified atom stereocenters. The third-order valence-corrected chi connectivity index (χ3v) is 2.84. The van der Waals surface area contributed by atoms with Crippen molar-refractivity contribution in [3.63, 3.8) is 0 Å². The van der Waals surface area contributed by atoms with Crippen molar-refractivity contribution in [1.82, 2.24) is 5.32 Å². The highest BCUT2D eigenvalue weighted by molar-refractivity contribution is 6.20. The van der Waals surface area contributed by atoms with Crippen molar-refractivity contribution in [1.29, 1.82) is 0 Å². The molecule has 0 bridgehead atoms. The number of hydrogen-bond acceptors (Lipinski definition) is 1. The van der Waals surface area contributed by atoms with Gasteiger partial charge in [0, 0.05) is 5.38 Å². The molecular weight excluding hydrogens is 170 g/mol. The Morgan fingerprint density at radius 2 is 2.08 bits per heavy atom. The number of halogens is 1. The molecule has 1 fully saturated rings. The molecule has 1 aliphatic carbocycles. The van der Waals surface area contributed by atoms with Crippen LogP contribution in [0.1, 0.15) is 39.0 Å². The van der Waals surface area contributed by atoms with Gasteiger partial charge in [-0.05, 0) is 45.2 Å². The second-order valence-corrected chi connectivity index (χ2v) is 4.67. The fourth-order valence-corrected chi connectivity index (χ4v) is 1.93. The first kappa shape index (κ1) is 10.3. The molecule has 0 aliphatic heterocycles. The number of rotatable bonds is 5. The van der Waals surface area contributed by atoms with E-state index in [1.165, 1.54) is 32.2 Å². The van der Waals surface area contributed by atoms with Crippen molar-refractivity contribution >= 4 is 11.6 Å². The van der Waals surface area contributed by atoms with Crippen molar-refractivity contribution in [2.45, 2.75) is 44.4 Å². The Balaban J connectivity index is 1.88. The summed E-state index contributed by atoms with van der Waals surface area (Å²) in [5.74, 6) is 0.954. The predicted molar refractivity (Wildman–Crippen MR) is 54.8 cm³/mol. The van der Waals surface area contributed by atoms with Gasteiger partial charge < -0.3 is 5.32 Å². The molecule has 1 N–H and O–H groups in total. The summed E-state index contributed by atoms with van der Waals surface area (Å²) in [7, 11) is 0. The van der Waals surface area contributed by atoms with Gasteiger partial charge in [-0.3, -0.25) is 0 Å². The maximum absolute atomic E-state index is 5.83. The zero-order chi connectivity index (χ0) is 8.81. The average Bonchev–Trinajstić information content (AvgIpc) is 2.49. The molecule has 0 aromatic carbocycles. The van der Waals surface area contributed by atoms with Crippen LogP contribution in [-0.4, -0.2) is 18.5 Å². The summed E-state index contributed by atoms with van der Waals surface area (Å²) in [6, 6.07) is 0. The van der Waals surface area contributed by atoms with Gasteiger partial charge >= 0.3 is 0 Å². The van der Waals surface area contributed by atoms with Gasteiger partial charge in [0.05, 0.1) is 0 Å². The Labute approximate surface area is 80.9 Å². The average molecular weight is 190 g/mol. The number of alkyl halides is 1. The van der Waals surface area contributed by atoms with Gasteiger partial charge in [0.2, 0.25) is 0 Å². The molecule has 72 valence electrons. The zero-order valence-corrected chi connectivity index (χ0v) is 8.74. The van der Waals surface area contributed by atoms with Gasteiger partial charge in [-0.2, -0.15) is 0 Å². The molecular formula is C10H20ClN. The van der Waals surface area contributed by atoms with Crippen LogP contribution in [0.25, 0.3) is 0 Å². The van der Waals surface area contributed by atoms with E-state index >= 15 is 0 Å². The van der Waals surface area contributed by atoms with Gasteiger partial charge in [-0.1, -0.05) is 12.8 Å². The first-order valence-electron chi connectivity index (χ1n) is 5.14. The van der Waals surface area contributed by atoms with Crippen LogP contribution < -0.4 is 5.32 Å². The molecule has 0 spiro atoms. The fourth-order valence-electron chi connectivity index (χ4n) is 1.82. The summed E-state index contributed by atoms with van der Waals surface area (Å²) in [6.07, 6.45) is 6.84. The predicted octanol–water partition coefficient (Wildman–Crippen LogP) is 2.78. The first-order chi connectivity index (χ1) is 5.79. The first-order valence-corrected chi connectivity index (χ1v) is 5.57. The minimum Gasteiger partial charge on any atom is -0.316 e. The van der Waals surface area contributed by atoms with Crippen LogP contribution in [0.4, 0.5) is 0 Å². The Hall–Kier alpha value is 0.250. The van der Waals surface area contributed by atoms with Gasteiger partial charge in [-0.25, -0.2) is 0 Å². The lowest BCUT2D eigenvalue weighted by Gasteiger charge is -2.10. The van der Waals surface area contributed by atoms with Crippen molar-refractivity contribution < 1.29 is 0 Å². The Morgan fingerprint density at radius 3 is 2.67 bits per heavy atom. The summed E-state index contributed by atoms with van der Waals surface area (Å²) in [5.41, 5.74) is 0. The summed E-state index contributed by atoms with van der Waals surface area (Å²) in [4.78, 5) is 0. The normalized spacial score (nSPS) is 21.5. The lowest BCUT2D eigenvalue weighted by molar-refractivity contribution is 0.485. The van der Waals surface area contributed by atoms with Gasteiger partial charge in [0.1, 0.15) is 0 Å². The largest absolute Gasteiger partial charge is 0.316 e. The standard InChI is InChI=1S/C10H20ClN/c1-9(11)6-7-12-8-10-4-2-3-5-10/h9-10,12H,2-8H2,1H3. The molecule has 2 heteroatoms. The van der Waals surface area contributed by atoms with Gasteiger partial charge in [0.25, 0.3) is 0 Å². The van der Waals surface area contributed by atoms with Crippen LogP contribution in [0, 0.1) is 5.92 Å². The van der Waals surface area contributed by atoms with E-state index in [-0.39, 0.29) is 0 Å². The number of hydrogen-bond donors (Lipinski definition) is 1. The molecule has 0 heterocycles. The van der Waals surface area contributed by atoms with E-state index < -0.39 is 0 Å². The van der Waals surface area contributed by atoms with Crippen LogP contribution in [0.3, 0.4) is 0 Å². The molecule has 0 amide bonds. The van der Waals surface area contributed by atoms with E-state index in [2.05, 4.69) is 12.2 Å². The molecule has 1 aliphatic rings. The second kappa shape index (κ2) is 5.82. The Morgan fingerprint density at radius 1 is 1.42 bits per heavy atom. The van der Waals surface area contributed by atoms with Crippen molar-refractivity contribution in [3.8, 4) is 0 Å². The maximum Gasteiger partial charge on any atom is 0.0319 e. The molecule has 0 aromatic heterocycles. The Kier molecular flexibility index (Phi) is 5.01. The number of nitrogens with one attached hydrogen (secondary N) is 1. The molecule has 1 rings (SSSR count). The molecule has 0 aromatic rings. The van der Waals surface area contributed by atoms with Crippen molar-refractivity contribution in [2.24, 2.45) is 5.92 Å². The fraction of sp³-hybridized carbons (Fsp3) is 1.00. The second-order valence-electron chi connectivity index (χ2n) is 3.92. The lowest BCUT2D eigenvalue weighted by Crippen LogP contribution is -2.23. The summed E-state index contributed by atoms with van der Waals surface area (Å²) in [6.45, 7) is 4.35. The molecule has 1 nitrogen and oxygen atoms in total. The third kappa shape index (κ3) is 4.32. The van der Waals surface area contributed by atoms with Crippen molar-refractivity contribution in [2.75, 3.05) is 13.1 Å². The summed E-state index contributed by atoms with van der Waals surface area (Å²) >= 11 is 5.83. The van der Waals surface area contributed by atoms with Crippen LogP contribution in [-0.2, 0) is 0 Å². The van der Waals surface area contributed by atoms with Gasteiger partial charge in [-0.15, -0.1) is 11.6 Å². The van der Waals surface area contributed by atoms with Crippen LogP contribution in [0.15, 0.2) is 0 Å². The molecule has 12 heavy (non-hydrogen) atoms. The smallest absolute Gasteiger partial charge is 0.0319 e. The van der Waals surface area contributed by atoms with E-state index in [0.29, 0.717) is 5.38 Å². The lowest BCUT2D eigenvalue weighted by atomic mass is 10.1. The quantitative estimate of drug-likeness (QED) is 0.518. The minimum absolute atomic E-state index is 0.320. The van der Waals surface area contributed by atoms with Crippen LogP contribution in [0.5, 0.6) is 0 Å². The highest BCUT2D eigenvalue weighted by atomic mass is 35.5. The monoisotopic (exact) mass is 189 g/mol. The summed E-state index contributed by atoms with van der Waals surface area (Å²) < 4.78 is 0. The van der Waals surface area contributed by atoms with E-state index in [1.807, 2.05) is 0 Å². The third-order valence-electron chi connectivity index (χ3n) is 2.63.